The molecule has 1 aliphatic rings. The molecule has 1 aliphatic carbocycles. The highest BCUT2D eigenvalue weighted by molar-refractivity contribution is 7.09. The van der Waals surface area contributed by atoms with Gasteiger partial charge in [0.1, 0.15) is 5.01 Å². The first kappa shape index (κ1) is 11.1. The van der Waals surface area contributed by atoms with Crippen molar-refractivity contribution in [2.45, 2.75) is 52.1 Å². The van der Waals surface area contributed by atoms with E-state index in [1.54, 1.807) is 11.3 Å². The lowest BCUT2D eigenvalue weighted by Gasteiger charge is -2.10. The molecule has 0 spiro atoms. The average molecular weight is 224 g/mol. The van der Waals surface area contributed by atoms with E-state index in [0.717, 1.165) is 12.5 Å². The second-order valence-corrected chi connectivity index (χ2v) is 5.77. The molecule has 0 amide bonds. The van der Waals surface area contributed by atoms with E-state index in [0.29, 0.717) is 12.0 Å². The molecule has 1 aromatic heterocycles. The highest BCUT2D eigenvalue weighted by Crippen LogP contribution is 2.32. The normalized spacial score (nSPS) is 18.4. The third-order valence-corrected chi connectivity index (χ3v) is 3.93. The van der Waals surface area contributed by atoms with Crippen molar-refractivity contribution in [3.63, 3.8) is 0 Å². The fraction of sp³-hybridized carbons (Fsp3) is 0.750. The summed E-state index contributed by atoms with van der Waals surface area (Å²) in [6.07, 6.45) is 2.81. The molecule has 0 aromatic carbocycles. The Morgan fingerprint density at radius 1 is 1.47 bits per heavy atom. The summed E-state index contributed by atoms with van der Waals surface area (Å²) in [6, 6.07) is 0.663. The summed E-state index contributed by atoms with van der Waals surface area (Å²) in [5, 5.41) is 6.97. The van der Waals surface area contributed by atoms with Crippen LogP contribution in [0.2, 0.25) is 0 Å². The average Bonchev–Trinajstić information content (AvgIpc) is 2.93. The van der Waals surface area contributed by atoms with Gasteiger partial charge >= 0.3 is 0 Å². The quantitative estimate of drug-likeness (QED) is 0.831. The van der Waals surface area contributed by atoms with Crippen molar-refractivity contribution in [2.75, 3.05) is 0 Å². The maximum Gasteiger partial charge on any atom is 0.107 e. The number of hydrogen-bond donors (Lipinski definition) is 1. The first-order valence-electron chi connectivity index (χ1n) is 5.84. The molecule has 1 atom stereocenters. The van der Waals surface area contributed by atoms with Gasteiger partial charge in [-0.1, -0.05) is 13.8 Å². The first-order chi connectivity index (χ1) is 7.16. The van der Waals surface area contributed by atoms with Crippen LogP contribution in [0.15, 0.2) is 5.38 Å². The molecule has 1 saturated carbocycles. The minimum absolute atomic E-state index is 0.552. The van der Waals surface area contributed by atoms with Gasteiger partial charge in [-0.05, 0) is 31.6 Å². The van der Waals surface area contributed by atoms with Gasteiger partial charge in [-0.3, -0.25) is 0 Å². The van der Waals surface area contributed by atoms with E-state index in [1.807, 2.05) is 0 Å². The van der Waals surface area contributed by atoms with Gasteiger partial charge in [0.05, 0.1) is 5.69 Å². The van der Waals surface area contributed by atoms with Crippen molar-refractivity contribution < 1.29 is 0 Å². The Morgan fingerprint density at radius 3 is 2.73 bits per heavy atom. The van der Waals surface area contributed by atoms with Crippen molar-refractivity contribution in [3.05, 3.63) is 16.1 Å². The number of nitrogens with one attached hydrogen (secondary N) is 1. The van der Waals surface area contributed by atoms with Crippen LogP contribution in [0.3, 0.4) is 0 Å². The number of thiazole rings is 1. The van der Waals surface area contributed by atoms with Gasteiger partial charge in [0.25, 0.3) is 0 Å². The zero-order chi connectivity index (χ0) is 10.8. The zero-order valence-corrected chi connectivity index (χ0v) is 10.6. The van der Waals surface area contributed by atoms with Crippen LogP contribution in [0.5, 0.6) is 0 Å². The van der Waals surface area contributed by atoms with Crippen molar-refractivity contribution in [1.29, 1.82) is 0 Å². The maximum absolute atomic E-state index is 4.62. The number of nitrogens with zero attached hydrogens (tertiary/aromatic N) is 1. The van der Waals surface area contributed by atoms with Crippen LogP contribution in [0.1, 0.15) is 50.2 Å². The van der Waals surface area contributed by atoms with Crippen LogP contribution >= 0.6 is 11.3 Å². The molecule has 1 aromatic rings. The Kier molecular flexibility index (Phi) is 3.42. The smallest absolute Gasteiger partial charge is 0.107 e. The van der Waals surface area contributed by atoms with E-state index in [-0.39, 0.29) is 0 Å². The Balaban J connectivity index is 1.82. The second-order valence-electron chi connectivity index (χ2n) is 4.83. The minimum Gasteiger partial charge on any atom is -0.308 e. The van der Waals surface area contributed by atoms with E-state index in [9.17, 15) is 0 Å². The maximum atomic E-state index is 4.62. The predicted molar refractivity (Wildman–Crippen MR) is 65.2 cm³/mol. The molecule has 2 nitrogen and oxygen atoms in total. The lowest BCUT2D eigenvalue weighted by Crippen LogP contribution is -2.27. The van der Waals surface area contributed by atoms with Crippen LogP contribution in [-0.4, -0.2) is 11.0 Å². The zero-order valence-electron chi connectivity index (χ0n) is 9.79. The molecule has 0 radical (unpaired) electrons. The molecular formula is C12H20N2S. The molecule has 3 heteroatoms. The molecule has 0 saturated heterocycles. The van der Waals surface area contributed by atoms with Crippen LogP contribution in [-0.2, 0) is 6.54 Å². The number of hydrogen-bond acceptors (Lipinski definition) is 3. The Labute approximate surface area is 96.1 Å². The topological polar surface area (TPSA) is 24.9 Å². The van der Waals surface area contributed by atoms with Crippen molar-refractivity contribution in [3.8, 4) is 0 Å². The van der Waals surface area contributed by atoms with Crippen molar-refractivity contribution in [2.24, 2.45) is 5.92 Å². The number of aromatic nitrogens is 1. The standard InChI is InChI=1S/C12H20N2S/c1-8(2)11-7-15-12(14-11)6-13-9(3)10-4-5-10/h7-10,13H,4-6H2,1-3H3. The van der Waals surface area contributed by atoms with E-state index in [1.165, 1.54) is 23.5 Å². The van der Waals surface area contributed by atoms with Gasteiger partial charge in [-0.25, -0.2) is 4.98 Å². The van der Waals surface area contributed by atoms with Crippen molar-refractivity contribution >= 4 is 11.3 Å². The van der Waals surface area contributed by atoms with E-state index < -0.39 is 0 Å². The summed E-state index contributed by atoms with van der Waals surface area (Å²) in [4.78, 5) is 4.62. The largest absolute Gasteiger partial charge is 0.308 e. The molecule has 84 valence electrons. The predicted octanol–water partition coefficient (Wildman–Crippen LogP) is 3.15. The van der Waals surface area contributed by atoms with Gasteiger partial charge in [0.15, 0.2) is 0 Å². The summed E-state index contributed by atoms with van der Waals surface area (Å²) in [6.45, 7) is 7.61. The summed E-state index contributed by atoms with van der Waals surface area (Å²) in [5.74, 6) is 1.48. The van der Waals surface area contributed by atoms with Gasteiger partial charge in [-0.15, -0.1) is 11.3 Å². The molecule has 0 bridgehead atoms. The minimum atomic E-state index is 0.552. The summed E-state index contributed by atoms with van der Waals surface area (Å²) >= 11 is 1.78. The molecule has 0 aliphatic heterocycles. The summed E-state index contributed by atoms with van der Waals surface area (Å²) in [5.41, 5.74) is 1.23. The fourth-order valence-corrected chi connectivity index (χ4v) is 2.59. The Hall–Kier alpha value is -0.410. The first-order valence-corrected chi connectivity index (χ1v) is 6.72. The summed E-state index contributed by atoms with van der Waals surface area (Å²) in [7, 11) is 0. The Bertz CT molecular complexity index is 315. The molecule has 1 heterocycles. The van der Waals surface area contributed by atoms with Gasteiger partial charge < -0.3 is 5.32 Å². The monoisotopic (exact) mass is 224 g/mol. The van der Waals surface area contributed by atoms with E-state index in [2.05, 4.69) is 36.5 Å². The number of rotatable bonds is 5. The lowest BCUT2D eigenvalue weighted by molar-refractivity contribution is 0.495. The van der Waals surface area contributed by atoms with Gasteiger partial charge in [-0.2, -0.15) is 0 Å². The molecular weight excluding hydrogens is 204 g/mol. The third-order valence-electron chi connectivity index (χ3n) is 3.07. The van der Waals surface area contributed by atoms with E-state index in [4.69, 9.17) is 0 Å². The fourth-order valence-electron chi connectivity index (χ4n) is 1.68. The second kappa shape index (κ2) is 4.62. The molecule has 1 fully saturated rings. The highest BCUT2D eigenvalue weighted by atomic mass is 32.1. The van der Waals surface area contributed by atoms with Crippen LogP contribution in [0.4, 0.5) is 0 Å². The molecule has 15 heavy (non-hydrogen) atoms. The molecule has 1 unspecified atom stereocenters. The third kappa shape index (κ3) is 3.02. The van der Waals surface area contributed by atoms with E-state index >= 15 is 0 Å². The van der Waals surface area contributed by atoms with Crippen molar-refractivity contribution in [1.82, 2.24) is 10.3 Å². The SMILES string of the molecule is CC(C)c1csc(CNC(C)C2CC2)n1. The molecule has 2 rings (SSSR count). The van der Waals surface area contributed by atoms with Gasteiger partial charge in [0.2, 0.25) is 0 Å². The van der Waals surface area contributed by atoms with Crippen LogP contribution in [0, 0.1) is 5.92 Å². The van der Waals surface area contributed by atoms with Crippen LogP contribution < -0.4 is 5.32 Å². The van der Waals surface area contributed by atoms with Crippen LogP contribution in [0.25, 0.3) is 0 Å². The Morgan fingerprint density at radius 2 is 2.20 bits per heavy atom. The lowest BCUT2D eigenvalue weighted by atomic mass is 10.2. The molecule has 1 N–H and O–H groups in total. The summed E-state index contributed by atoms with van der Waals surface area (Å²) < 4.78 is 0. The van der Waals surface area contributed by atoms with Gasteiger partial charge in [0, 0.05) is 18.0 Å². The highest BCUT2D eigenvalue weighted by Gasteiger charge is 2.27.